The molecule has 1 aliphatic heterocycles. The Morgan fingerprint density at radius 3 is 2.32 bits per heavy atom. The van der Waals surface area contributed by atoms with Crippen LogP contribution in [0.5, 0.6) is 0 Å². The van der Waals surface area contributed by atoms with Gasteiger partial charge in [0, 0.05) is 19.0 Å². The molecule has 1 aromatic heterocycles. The Balaban J connectivity index is 1.38. The van der Waals surface area contributed by atoms with Crippen LogP contribution >= 0.6 is 11.3 Å². The van der Waals surface area contributed by atoms with Gasteiger partial charge in [-0.15, -0.1) is 11.3 Å². The van der Waals surface area contributed by atoms with E-state index in [0.717, 1.165) is 5.56 Å². The van der Waals surface area contributed by atoms with Crippen molar-refractivity contribution in [2.24, 2.45) is 5.92 Å². The van der Waals surface area contributed by atoms with E-state index in [1.54, 1.807) is 41.8 Å². The summed E-state index contributed by atoms with van der Waals surface area (Å²) in [5.41, 5.74) is 1.82. The van der Waals surface area contributed by atoms with E-state index < -0.39 is 10.0 Å². The smallest absolute Gasteiger partial charge is 0.253 e. The molecule has 1 fully saturated rings. The van der Waals surface area contributed by atoms with E-state index in [1.807, 2.05) is 37.3 Å². The molecule has 2 amide bonds. The van der Waals surface area contributed by atoms with Crippen LogP contribution in [0.15, 0.2) is 76.3 Å². The Bertz CT molecular complexity index is 1240. The van der Waals surface area contributed by atoms with E-state index in [9.17, 15) is 18.0 Å². The third-order valence-electron chi connectivity index (χ3n) is 5.99. The monoisotopic (exact) mass is 497 g/mol. The highest BCUT2D eigenvalue weighted by molar-refractivity contribution is 7.91. The molecule has 1 atom stereocenters. The van der Waals surface area contributed by atoms with E-state index >= 15 is 0 Å². The highest BCUT2D eigenvalue weighted by Crippen LogP contribution is 2.27. The number of carbonyl (C=O) groups is 2. The minimum absolute atomic E-state index is 0.188. The molecule has 7 nitrogen and oxygen atoms in total. The molecule has 3 aromatic rings. The Morgan fingerprint density at radius 1 is 0.971 bits per heavy atom. The van der Waals surface area contributed by atoms with Gasteiger partial charge in [0.05, 0.1) is 17.3 Å². The average Bonchev–Trinajstić information content (AvgIpc) is 3.41. The number of benzene rings is 2. The van der Waals surface area contributed by atoms with E-state index in [0.29, 0.717) is 28.3 Å². The summed E-state index contributed by atoms with van der Waals surface area (Å²) in [7, 11) is -3.51. The molecular formula is C25H27N3O4S2. The third-order valence-corrected chi connectivity index (χ3v) is 9.26. The molecule has 1 saturated heterocycles. The van der Waals surface area contributed by atoms with Crippen LogP contribution in [0.4, 0.5) is 5.69 Å². The maximum absolute atomic E-state index is 13.0. The van der Waals surface area contributed by atoms with Gasteiger partial charge < -0.3 is 10.6 Å². The molecule has 0 saturated carbocycles. The number of sulfonamides is 1. The van der Waals surface area contributed by atoms with Gasteiger partial charge in [0.1, 0.15) is 4.21 Å². The topological polar surface area (TPSA) is 95.6 Å². The van der Waals surface area contributed by atoms with Crippen LogP contribution in [0.3, 0.4) is 0 Å². The molecule has 178 valence electrons. The standard InChI is InChI=1S/C25H27N3O4S2/c1-18(19-8-3-2-4-9-19)26-25(30)21-10-5-6-11-22(21)27-24(29)20-13-15-28(16-14-20)34(31,32)23-12-7-17-33-23/h2-12,17-18,20H,13-16H2,1H3,(H,26,30)(H,27,29)/t18-/m0/s1. The third kappa shape index (κ3) is 5.38. The Hall–Kier alpha value is -3.01. The zero-order valence-electron chi connectivity index (χ0n) is 18.8. The van der Waals surface area contributed by atoms with Crippen LogP contribution in [-0.4, -0.2) is 37.6 Å². The van der Waals surface area contributed by atoms with Crippen LogP contribution in [0.1, 0.15) is 41.7 Å². The molecule has 34 heavy (non-hydrogen) atoms. The molecule has 4 rings (SSSR count). The van der Waals surface area contributed by atoms with E-state index in [1.165, 1.54) is 15.6 Å². The first kappa shape index (κ1) is 24.1. The lowest BCUT2D eigenvalue weighted by Crippen LogP contribution is -2.41. The number of nitrogens with one attached hydrogen (secondary N) is 2. The summed E-state index contributed by atoms with van der Waals surface area (Å²) in [5.74, 6) is -0.803. The fourth-order valence-corrected chi connectivity index (χ4v) is 6.63. The lowest BCUT2D eigenvalue weighted by molar-refractivity contribution is -0.120. The lowest BCUT2D eigenvalue weighted by atomic mass is 9.97. The van der Waals surface area contributed by atoms with Crippen molar-refractivity contribution in [3.63, 3.8) is 0 Å². The van der Waals surface area contributed by atoms with Crippen molar-refractivity contribution < 1.29 is 18.0 Å². The summed E-state index contributed by atoms with van der Waals surface area (Å²) in [6, 6.07) is 19.7. The van der Waals surface area contributed by atoms with Crippen molar-refractivity contribution in [3.8, 4) is 0 Å². The number of rotatable bonds is 7. The summed E-state index contributed by atoms with van der Waals surface area (Å²) < 4.78 is 27.2. The Labute approximate surface area is 203 Å². The van der Waals surface area contributed by atoms with Crippen molar-refractivity contribution in [3.05, 3.63) is 83.2 Å². The van der Waals surface area contributed by atoms with Gasteiger partial charge in [-0.3, -0.25) is 9.59 Å². The average molecular weight is 498 g/mol. The second-order valence-corrected chi connectivity index (χ2v) is 11.4. The summed E-state index contributed by atoms with van der Waals surface area (Å²) in [4.78, 5) is 25.9. The predicted octanol–water partition coefficient (Wildman–Crippen LogP) is 4.28. The number of hydrogen-bond acceptors (Lipinski definition) is 5. The maximum Gasteiger partial charge on any atom is 0.253 e. The van der Waals surface area contributed by atoms with Crippen LogP contribution < -0.4 is 10.6 Å². The molecule has 0 aliphatic carbocycles. The summed E-state index contributed by atoms with van der Waals surface area (Å²) in [6.45, 7) is 2.48. The molecule has 0 radical (unpaired) electrons. The first-order valence-corrected chi connectivity index (χ1v) is 13.5. The van der Waals surface area contributed by atoms with Crippen molar-refractivity contribution in [1.29, 1.82) is 0 Å². The minimum atomic E-state index is -3.51. The van der Waals surface area contributed by atoms with Gasteiger partial charge in [-0.25, -0.2) is 8.42 Å². The lowest BCUT2D eigenvalue weighted by Gasteiger charge is -2.30. The van der Waals surface area contributed by atoms with Gasteiger partial charge in [-0.05, 0) is 48.9 Å². The molecule has 1 aliphatic rings. The highest BCUT2D eigenvalue weighted by Gasteiger charge is 2.33. The van der Waals surface area contributed by atoms with E-state index in [-0.39, 0.29) is 36.9 Å². The Morgan fingerprint density at radius 2 is 1.65 bits per heavy atom. The van der Waals surface area contributed by atoms with Crippen molar-refractivity contribution in [2.45, 2.75) is 30.0 Å². The molecule has 0 unspecified atom stereocenters. The normalized spacial score (nSPS) is 16.0. The van der Waals surface area contributed by atoms with Crippen molar-refractivity contribution >= 4 is 38.9 Å². The van der Waals surface area contributed by atoms with Gasteiger partial charge in [-0.1, -0.05) is 48.5 Å². The van der Waals surface area contributed by atoms with E-state index in [4.69, 9.17) is 0 Å². The SMILES string of the molecule is C[C@H](NC(=O)c1ccccc1NC(=O)C1CCN(S(=O)(=O)c2cccs2)CC1)c1ccccc1. The largest absolute Gasteiger partial charge is 0.345 e. The van der Waals surface area contributed by atoms with Gasteiger partial charge in [0.25, 0.3) is 15.9 Å². The number of carbonyl (C=O) groups excluding carboxylic acids is 2. The fraction of sp³-hybridized carbons (Fsp3) is 0.280. The van der Waals surface area contributed by atoms with Gasteiger partial charge >= 0.3 is 0 Å². The zero-order valence-corrected chi connectivity index (χ0v) is 20.4. The number of piperidine rings is 1. The molecule has 2 N–H and O–H groups in total. The second kappa shape index (κ2) is 10.5. The maximum atomic E-state index is 13.0. The van der Waals surface area contributed by atoms with Crippen LogP contribution in [0, 0.1) is 5.92 Å². The number of anilines is 1. The first-order valence-electron chi connectivity index (χ1n) is 11.2. The van der Waals surface area contributed by atoms with Crippen LogP contribution in [-0.2, 0) is 14.8 Å². The molecule has 9 heteroatoms. The zero-order chi connectivity index (χ0) is 24.1. The van der Waals surface area contributed by atoms with Crippen LogP contribution in [0.25, 0.3) is 0 Å². The highest BCUT2D eigenvalue weighted by atomic mass is 32.2. The summed E-state index contributed by atoms with van der Waals surface area (Å²) >= 11 is 1.19. The van der Waals surface area contributed by atoms with E-state index in [2.05, 4.69) is 10.6 Å². The van der Waals surface area contributed by atoms with Crippen LogP contribution in [0.2, 0.25) is 0 Å². The molecule has 0 spiro atoms. The quantitative estimate of drug-likeness (QED) is 0.509. The number of thiophene rings is 1. The van der Waals surface area contributed by atoms with Gasteiger partial charge in [0.15, 0.2) is 0 Å². The fourth-order valence-electron chi connectivity index (χ4n) is 4.02. The van der Waals surface area contributed by atoms with Gasteiger partial charge in [0.2, 0.25) is 5.91 Å². The number of hydrogen-bond donors (Lipinski definition) is 2. The van der Waals surface area contributed by atoms with Crippen molar-refractivity contribution in [1.82, 2.24) is 9.62 Å². The number of para-hydroxylation sites is 1. The molecule has 2 aromatic carbocycles. The van der Waals surface area contributed by atoms with Gasteiger partial charge in [-0.2, -0.15) is 4.31 Å². The minimum Gasteiger partial charge on any atom is -0.345 e. The second-order valence-electron chi connectivity index (χ2n) is 8.25. The Kier molecular flexibility index (Phi) is 7.45. The molecule has 0 bridgehead atoms. The predicted molar refractivity (Wildman–Crippen MR) is 133 cm³/mol. The first-order chi connectivity index (χ1) is 16.4. The number of nitrogens with zero attached hydrogens (tertiary/aromatic N) is 1. The molecule has 2 heterocycles. The summed E-state index contributed by atoms with van der Waals surface area (Å²) in [6.07, 6.45) is 0.853. The number of amides is 2. The van der Waals surface area contributed by atoms with Crippen molar-refractivity contribution in [2.75, 3.05) is 18.4 Å². The molecular weight excluding hydrogens is 470 g/mol. The summed E-state index contributed by atoms with van der Waals surface area (Å²) in [5, 5.41) is 7.61.